The molecule has 1 aliphatic heterocycles. The summed E-state index contributed by atoms with van der Waals surface area (Å²) < 4.78 is 31.8. The van der Waals surface area contributed by atoms with Crippen LogP contribution in [0.4, 0.5) is 31.7 Å². The minimum Gasteiger partial charge on any atom is -0.368 e. The molecule has 4 heterocycles. The molecule has 218 valence electrons. The van der Waals surface area contributed by atoms with Gasteiger partial charge in [-0.05, 0) is 68.6 Å². The maximum absolute atomic E-state index is 15.8. The fraction of sp³-hybridized carbons (Fsp3) is 0.323. The van der Waals surface area contributed by atoms with E-state index in [1.54, 1.807) is 19.3 Å². The molecule has 0 unspecified atom stereocenters. The molecular formula is C31H32F2N6O2S. The highest BCUT2D eigenvalue weighted by molar-refractivity contribution is 7.14. The lowest BCUT2D eigenvalue weighted by molar-refractivity contribution is 0.103. The average molecular weight is 591 g/mol. The lowest BCUT2D eigenvalue weighted by atomic mass is 9.99. The molecule has 1 saturated heterocycles. The zero-order valence-electron chi connectivity index (χ0n) is 23.5. The largest absolute Gasteiger partial charge is 0.368 e. The van der Waals surface area contributed by atoms with Crippen LogP contribution < -0.4 is 21.1 Å². The lowest BCUT2D eigenvalue weighted by Crippen LogP contribution is -2.44. The van der Waals surface area contributed by atoms with Gasteiger partial charge in [-0.2, -0.15) is 0 Å². The number of hydrogen-bond donors (Lipinski definition) is 2. The van der Waals surface area contributed by atoms with Gasteiger partial charge < -0.3 is 25.0 Å². The van der Waals surface area contributed by atoms with Crippen molar-refractivity contribution in [2.75, 3.05) is 48.8 Å². The maximum atomic E-state index is 15.8. The van der Waals surface area contributed by atoms with Gasteiger partial charge in [-0.3, -0.25) is 9.59 Å². The standard InChI is InChI=1S/C31H32F2N6O2S/c1-37-9-11-39(12-10-37)22-7-8-28(34-17-22)35-25-13-20(18-38(2)31(25)41)23-15-21(32)16-24(29(23)33)36-30(40)27-14-19-5-3-4-6-26(19)42-27/h7-8,13-18H,3-6,9-12H2,1-2H3,(H,34,35)(H,36,40). The number of aromatic nitrogens is 2. The zero-order valence-corrected chi connectivity index (χ0v) is 24.4. The minimum atomic E-state index is -0.787. The Morgan fingerprint density at radius 1 is 0.976 bits per heavy atom. The predicted octanol–water partition coefficient (Wildman–Crippen LogP) is 5.41. The molecule has 0 spiro atoms. The number of halogens is 2. The number of pyridine rings is 2. The molecule has 3 aromatic heterocycles. The summed E-state index contributed by atoms with van der Waals surface area (Å²) in [6.07, 6.45) is 7.23. The second kappa shape index (κ2) is 11.7. The maximum Gasteiger partial charge on any atom is 0.274 e. The van der Waals surface area contributed by atoms with Crippen LogP contribution in [-0.4, -0.2) is 53.6 Å². The molecule has 6 rings (SSSR count). The van der Waals surface area contributed by atoms with E-state index in [2.05, 4.69) is 32.5 Å². The van der Waals surface area contributed by atoms with Gasteiger partial charge in [-0.25, -0.2) is 13.8 Å². The van der Waals surface area contributed by atoms with Crippen molar-refractivity contribution in [2.24, 2.45) is 7.05 Å². The van der Waals surface area contributed by atoms with Crippen LogP contribution in [0.5, 0.6) is 0 Å². The van der Waals surface area contributed by atoms with Gasteiger partial charge in [0.25, 0.3) is 11.5 Å². The summed E-state index contributed by atoms with van der Waals surface area (Å²) in [4.78, 5) is 36.6. The van der Waals surface area contributed by atoms with Crippen LogP contribution in [0.1, 0.15) is 33.0 Å². The lowest BCUT2D eigenvalue weighted by Gasteiger charge is -2.33. The first-order valence-corrected chi connectivity index (χ1v) is 14.9. The van der Waals surface area contributed by atoms with Crippen molar-refractivity contribution in [1.82, 2.24) is 14.5 Å². The van der Waals surface area contributed by atoms with Crippen molar-refractivity contribution in [3.8, 4) is 11.1 Å². The molecule has 0 radical (unpaired) electrons. The third-order valence-electron chi connectivity index (χ3n) is 7.88. The molecule has 2 aliphatic rings. The number of thiophene rings is 1. The Morgan fingerprint density at radius 2 is 1.76 bits per heavy atom. The highest BCUT2D eigenvalue weighted by atomic mass is 32.1. The Hall–Kier alpha value is -4.09. The number of carbonyl (C=O) groups is 1. The van der Waals surface area contributed by atoms with Gasteiger partial charge in [-0.15, -0.1) is 11.3 Å². The van der Waals surface area contributed by atoms with E-state index in [0.29, 0.717) is 10.7 Å². The van der Waals surface area contributed by atoms with Crippen LogP contribution in [0.3, 0.4) is 0 Å². The second-order valence-electron chi connectivity index (χ2n) is 10.9. The number of nitrogens with zero attached hydrogens (tertiary/aromatic N) is 4. The summed E-state index contributed by atoms with van der Waals surface area (Å²) in [5, 5.41) is 5.59. The second-order valence-corrected chi connectivity index (χ2v) is 12.0. The monoisotopic (exact) mass is 590 g/mol. The first-order chi connectivity index (χ1) is 20.2. The number of amides is 1. The van der Waals surface area contributed by atoms with Gasteiger partial charge in [0, 0.05) is 61.5 Å². The average Bonchev–Trinajstić information content (AvgIpc) is 3.43. The van der Waals surface area contributed by atoms with Gasteiger partial charge in [-0.1, -0.05) is 0 Å². The van der Waals surface area contributed by atoms with E-state index >= 15 is 4.39 Å². The first-order valence-electron chi connectivity index (χ1n) is 14.0. The number of nitrogens with one attached hydrogen (secondary N) is 2. The molecule has 0 saturated carbocycles. The van der Waals surface area contributed by atoms with Crippen LogP contribution in [0, 0.1) is 11.6 Å². The van der Waals surface area contributed by atoms with Crippen molar-refractivity contribution in [3.63, 3.8) is 0 Å². The van der Waals surface area contributed by atoms with Crippen LogP contribution in [0.15, 0.2) is 53.6 Å². The van der Waals surface area contributed by atoms with E-state index in [1.165, 1.54) is 33.0 Å². The fourth-order valence-electron chi connectivity index (χ4n) is 5.48. The summed E-state index contributed by atoms with van der Waals surface area (Å²) in [6, 6.07) is 9.08. The number of carbonyl (C=O) groups excluding carboxylic acids is 1. The van der Waals surface area contributed by atoms with Gasteiger partial charge in [0.15, 0.2) is 5.82 Å². The van der Waals surface area contributed by atoms with Gasteiger partial charge >= 0.3 is 0 Å². The third kappa shape index (κ3) is 5.79. The van der Waals surface area contributed by atoms with Crippen molar-refractivity contribution >= 4 is 40.1 Å². The Balaban J connectivity index is 1.25. The molecule has 0 atom stereocenters. The van der Waals surface area contributed by atoms with Crippen LogP contribution in [0.25, 0.3) is 11.1 Å². The number of fused-ring (bicyclic) bond motifs is 1. The molecular weight excluding hydrogens is 558 g/mol. The normalized spacial score (nSPS) is 15.4. The molecule has 4 aromatic rings. The highest BCUT2D eigenvalue weighted by Gasteiger charge is 2.21. The van der Waals surface area contributed by atoms with E-state index in [-0.39, 0.29) is 28.1 Å². The molecule has 42 heavy (non-hydrogen) atoms. The fourth-order valence-corrected chi connectivity index (χ4v) is 6.62. The van der Waals surface area contributed by atoms with Crippen molar-refractivity contribution in [3.05, 3.63) is 86.1 Å². The molecule has 2 N–H and O–H groups in total. The summed E-state index contributed by atoms with van der Waals surface area (Å²) in [5.74, 6) is -1.52. The number of rotatable bonds is 6. The number of benzene rings is 1. The van der Waals surface area contributed by atoms with E-state index in [0.717, 1.165) is 75.2 Å². The number of anilines is 4. The SMILES string of the molecule is CN1CCN(c2ccc(Nc3cc(-c4cc(F)cc(NC(=O)c5cc6c(s5)CCCC6)c4F)cn(C)c3=O)nc2)CC1. The Bertz CT molecular complexity index is 1670. The van der Waals surface area contributed by atoms with Gasteiger partial charge in [0.2, 0.25) is 0 Å². The van der Waals surface area contributed by atoms with Crippen LogP contribution >= 0.6 is 11.3 Å². The summed E-state index contributed by atoms with van der Waals surface area (Å²) >= 11 is 1.40. The van der Waals surface area contributed by atoms with Crippen molar-refractivity contribution in [1.29, 1.82) is 0 Å². The highest BCUT2D eigenvalue weighted by Crippen LogP contribution is 2.33. The van der Waals surface area contributed by atoms with Crippen LogP contribution in [-0.2, 0) is 19.9 Å². The van der Waals surface area contributed by atoms with E-state index < -0.39 is 17.5 Å². The molecule has 8 nitrogen and oxygen atoms in total. The Kier molecular flexibility index (Phi) is 7.78. The van der Waals surface area contributed by atoms with E-state index in [4.69, 9.17) is 0 Å². The minimum absolute atomic E-state index is 0.0761. The zero-order chi connectivity index (χ0) is 29.4. The molecule has 1 aromatic carbocycles. The number of likely N-dealkylation sites (N-methyl/N-ethyl adjacent to an activating group) is 1. The van der Waals surface area contributed by atoms with Crippen LogP contribution in [0.2, 0.25) is 0 Å². The molecule has 1 amide bonds. The van der Waals surface area contributed by atoms with E-state index in [9.17, 15) is 14.0 Å². The molecule has 1 aliphatic carbocycles. The third-order valence-corrected chi connectivity index (χ3v) is 9.12. The predicted molar refractivity (Wildman–Crippen MR) is 163 cm³/mol. The smallest absolute Gasteiger partial charge is 0.274 e. The topological polar surface area (TPSA) is 82.5 Å². The van der Waals surface area contributed by atoms with Crippen molar-refractivity contribution in [2.45, 2.75) is 25.7 Å². The Labute approximate surface area is 246 Å². The van der Waals surface area contributed by atoms with Gasteiger partial charge in [0.1, 0.15) is 17.3 Å². The molecule has 11 heteroatoms. The van der Waals surface area contributed by atoms with Crippen molar-refractivity contribution < 1.29 is 13.6 Å². The number of hydrogen-bond acceptors (Lipinski definition) is 7. The molecule has 1 fully saturated rings. The summed E-state index contributed by atoms with van der Waals surface area (Å²) in [5.41, 5.74) is 1.90. The van der Waals surface area contributed by atoms with E-state index in [1.807, 2.05) is 12.1 Å². The molecule has 0 bridgehead atoms. The quantitative estimate of drug-likeness (QED) is 0.313. The van der Waals surface area contributed by atoms with Gasteiger partial charge in [0.05, 0.1) is 22.4 Å². The first kappa shape index (κ1) is 28.0. The summed E-state index contributed by atoms with van der Waals surface area (Å²) in [7, 11) is 3.64. The summed E-state index contributed by atoms with van der Waals surface area (Å²) in [6.45, 7) is 3.76. The number of piperazine rings is 1. The number of aryl methyl sites for hydroxylation is 3. The Morgan fingerprint density at radius 3 is 2.50 bits per heavy atom.